The molecule has 0 bridgehead atoms. The summed E-state index contributed by atoms with van der Waals surface area (Å²) < 4.78 is 42.1. The highest BCUT2D eigenvalue weighted by Crippen LogP contribution is 2.31. The summed E-state index contributed by atoms with van der Waals surface area (Å²) in [6.45, 7) is 4.88. The average molecular weight is 389 g/mol. The largest absolute Gasteiger partial charge is 0.435 e. The van der Waals surface area contributed by atoms with Gasteiger partial charge in [0.05, 0.1) is 5.69 Å². The molecule has 0 N–H and O–H groups in total. The molecule has 4 heterocycles. The monoisotopic (exact) mass is 389 g/mol. The number of aryl methyl sites for hydroxylation is 3. The summed E-state index contributed by atoms with van der Waals surface area (Å²) in [4.78, 5) is 10.3. The summed E-state index contributed by atoms with van der Waals surface area (Å²) in [6, 6.07) is 1.62. The molecule has 10 heteroatoms. The predicted molar refractivity (Wildman–Crippen MR) is 95.9 cm³/mol. The van der Waals surface area contributed by atoms with E-state index >= 15 is 0 Å². The standard InChI is InChI=1S/C18H18F3N7/c1-11-10-13(24-28-12(2)15(18(19,20)21)23-16(11)28)6-7-14-22-17(25-26(14)3)27-8-4-5-9-27/h10H,4-5,8-9H2,1-3H3. The van der Waals surface area contributed by atoms with E-state index in [1.807, 2.05) is 0 Å². The highest BCUT2D eigenvalue weighted by molar-refractivity contribution is 5.52. The van der Waals surface area contributed by atoms with E-state index in [-0.39, 0.29) is 11.3 Å². The molecule has 0 aliphatic carbocycles. The summed E-state index contributed by atoms with van der Waals surface area (Å²) in [5, 5.41) is 8.60. The van der Waals surface area contributed by atoms with E-state index in [0.29, 0.717) is 23.0 Å². The first-order chi connectivity index (χ1) is 13.2. The van der Waals surface area contributed by atoms with Gasteiger partial charge in [-0.3, -0.25) is 0 Å². The summed E-state index contributed by atoms with van der Waals surface area (Å²) in [5.74, 6) is 6.91. The Labute approximate surface area is 159 Å². The van der Waals surface area contributed by atoms with Gasteiger partial charge >= 0.3 is 6.18 Å². The lowest BCUT2D eigenvalue weighted by atomic mass is 10.2. The fourth-order valence-electron chi connectivity index (χ4n) is 3.26. The molecular formula is C18H18F3N7. The molecule has 0 atom stereocenters. The van der Waals surface area contributed by atoms with Crippen LogP contribution in [-0.2, 0) is 13.2 Å². The molecule has 3 aromatic rings. The van der Waals surface area contributed by atoms with Crippen molar-refractivity contribution in [3.8, 4) is 11.8 Å². The van der Waals surface area contributed by atoms with Crippen LogP contribution in [0.1, 0.15) is 41.3 Å². The van der Waals surface area contributed by atoms with Gasteiger partial charge in [-0.05, 0) is 50.2 Å². The van der Waals surface area contributed by atoms with Crippen molar-refractivity contribution in [2.45, 2.75) is 32.9 Å². The molecule has 28 heavy (non-hydrogen) atoms. The third-order valence-electron chi connectivity index (χ3n) is 4.70. The molecule has 0 saturated carbocycles. The molecule has 0 spiro atoms. The second-order valence-corrected chi connectivity index (χ2v) is 6.79. The molecule has 146 valence electrons. The number of aromatic nitrogens is 6. The van der Waals surface area contributed by atoms with Crippen molar-refractivity contribution in [2.75, 3.05) is 18.0 Å². The van der Waals surface area contributed by atoms with Crippen LogP contribution in [0.15, 0.2) is 6.07 Å². The number of fused-ring (bicyclic) bond motifs is 1. The van der Waals surface area contributed by atoms with Gasteiger partial charge in [0, 0.05) is 20.1 Å². The SMILES string of the molecule is Cc1cc(C#Cc2nc(N3CCCC3)nn2C)nn2c(C)c(C(F)(F)F)nc12. The first-order valence-corrected chi connectivity index (χ1v) is 8.86. The lowest BCUT2D eigenvalue weighted by Gasteiger charge is -2.10. The maximum atomic E-state index is 13.1. The Morgan fingerprint density at radius 3 is 2.43 bits per heavy atom. The molecule has 4 rings (SSSR count). The zero-order valence-electron chi connectivity index (χ0n) is 15.7. The van der Waals surface area contributed by atoms with Crippen molar-refractivity contribution >= 4 is 11.6 Å². The van der Waals surface area contributed by atoms with Crippen molar-refractivity contribution in [1.82, 2.24) is 29.4 Å². The van der Waals surface area contributed by atoms with E-state index in [2.05, 4.69) is 36.9 Å². The van der Waals surface area contributed by atoms with Crippen molar-refractivity contribution in [1.29, 1.82) is 0 Å². The van der Waals surface area contributed by atoms with Crippen LogP contribution >= 0.6 is 0 Å². The van der Waals surface area contributed by atoms with Crippen LogP contribution in [0.2, 0.25) is 0 Å². The van der Waals surface area contributed by atoms with Crippen molar-refractivity contribution in [2.24, 2.45) is 7.05 Å². The normalized spacial score (nSPS) is 14.6. The third-order valence-corrected chi connectivity index (χ3v) is 4.70. The van der Waals surface area contributed by atoms with Crippen molar-refractivity contribution in [3.05, 3.63) is 34.5 Å². The van der Waals surface area contributed by atoms with Gasteiger partial charge in [0.1, 0.15) is 5.69 Å². The molecular weight excluding hydrogens is 371 g/mol. The minimum absolute atomic E-state index is 0.0655. The Morgan fingerprint density at radius 1 is 1.04 bits per heavy atom. The van der Waals surface area contributed by atoms with Gasteiger partial charge in [-0.1, -0.05) is 0 Å². The summed E-state index contributed by atoms with van der Waals surface area (Å²) in [5.41, 5.74) is 0.0740. The molecule has 1 saturated heterocycles. The van der Waals surface area contributed by atoms with Gasteiger partial charge in [-0.25, -0.2) is 14.2 Å². The number of rotatable bonds is 1. The van der Waals surface area contributed by atoms with E-state index in [1.54, 1.807) is 24.7 Å². The van der Waals surface area contributed by atoms with E-state index < -0.39 is 11.9 Å². The second kappa shape index (κ2) is 6.51. The van der Waals surface area contributed by atoms with E-state index in [1.165, 1.54) is 11.4 Å². The Hall–Kier alpha value is -3.09. The highest BCUT2D eigenvalue weighted by Gasteiger charge is 2.37. The van der Waals surface area contributed by atoms with E-state index in [4.69, 9.17) is 0 Å². The quantitative estimate of drug-likeness (QED) is 0.599. The van der Waals surface area contributed by atoms with Crippen LogP contribution in [0.3, 0.4) is 0 Å². The number of anilines is 1. The smallest absolute Gasteiger partial charge is 0.340 e. The number of halogens is 3. The molecule has 1 aliphatic rings. The van der Waals surface area contributed by atoms with E-state index in [0.717, 1.165) is 25.9 Å². The summed E-state index contributed by atoms with van der Waals surface area (Å²) >= 11 is 0. The van der Waals surface area contributed by atoms with Crippen LogP contribution in [0, 0.1) is 25.7 Å². The number of hydrogen-bond acceptors (Lipinski definition) is 5. The summed E-state index contributed by atoms with van der Waals surface area (Å²) in [7, 11) is 1.76. The molecule has 3 aromatic heterocycles. The molecule has 0 radical (unpaired) electrons. The fraction of sp³-hybridized carbons (Fsp3) is 0.444. The van der Waals surface area contributed by atoms with Gasteiger partial charge in [-0.15, -0.1) is 5.10 Å². The molecule has 0 aromatic carbocycles. The Bertz CT molecular complexity index is 1110. The Balaban J connectivity index is 1.71. The first kappa shape index (κ1) is 18.3. The topological polar surface area (TPSA) is 64.1 Å². The fourth-order valence-corrected chi connectivity index (χ4v) is 3.26. The molecule has 7 nitrogen and oxygen atoms in total. The number of imidazole rings is 1. The second-order valence-electron chi connectivity index (χ2n) is 6.79. The minimum atomic E-state index is -4.53. The van der Waals surface area contributed by atoms with Gasteiger partial charge in [0.25, 0.3) is 0 Å². The third kappa shape index (κ3) is 3.17. The Kier molecular flexibility index (Phi) is 4.25. The zero-order chi connectivity index (χ0) is 20.1. The zero-order valence-corrected chi connectivity index (χ0v) is 15.7. The van der Waals surface area contributed by atoms with Crippen LogP contribution in [0.5, 0.6) is 0 Å². The number of hydrogen-bond donors (Lipinski definition) is 0. The lowest BCUT2D eigenvalue weighted by molar-refractivity contribution is -0.141. The number of alkyl halides is 3. The number of nitrogens with zero attached hydrogens (tertiary/aromatic N) is 7. The molecule has 0 unspecified atom stereocenters. The van der Waals surface area contributed by atoms with E-state index in [9.17, 15) is 13.2 Å². The van der Waals surface area contributed by atoms with Crippen LogP contribution in [-0.4, -0.2) is 42.5 Å². The maximum absolute atomic E-state index is 13.1. The summed E-state index contributed by atoms with van der Waals surface area (Å²) in [6.07, 6.45) is -2.29. The first-order valence-electron chi connectivity index (χ1n) is 8.86. The van der Waals surface area contributed by atoms with Gasteiger partial charge in [0.2, 0.25) is 11.8 Å². The minimum Gasteiger partial charge on any atom is -0.340 e. The molecule has 1 fully saturated rings. The van der Waals surface area contributed by atoms with Crippen LogP contribution < -0.4 is 4.90 Å². The van der Waals surface area contributed by atoms with Crippen LogP contribution in [0.25, 0.3) is 5.65 Å². The van der Waals surface area contributed by atoms with Gasteiger partial charge in [0.15, 0.2) is 11.3 Å². The van der Waals surface area contributed by atoms with Crippen molar-refractivity contribution in [3.63, 3.8) is 0 Å². The van der Waals surface area contributed by atoms with Crippen LogP contribution in [0.4, 0.5) is 19.1 Å². The lowest BCUT2D eigenvalue weighted by Crippen LogP contribution is -2.19. The molecule has 0 amide bonds. The van der Waals surface area contributed by atoms with Crippen molar-refractivity contribution < 1.29 is 13.2 Å². The molecule has 1 aliphatic heterocycles. The predicted octanol–water partition coefficient (Wildman–Crippen LogP) is 2.49. The maximum Gasteiger partial charge on any atom is 0.435 e. The highest BCUT2D eigenvalue weighted by atomic mass is 19.4. The van der Waals surface area contributed by atoms with Gasteiger partial charge in [-0.2, -0.15) is 23.3 Å². The Morgan fingerprint density at radius 2 is 1.75 bits per heavy atom. The average Bonchev–Trinajstić information content (AvgIpc) is 3.32. The van der Waals surface area contributed by atoms with Gasteiger partial charge < -0.3 is 4.90 Å².